The van der Waals surface area contributed by atoms with E-state index in [1.807, 2.05) is 30.3 Å². The van der Waals surface area contributed by atoms with Crippen LogP contribution in [0.15, 0.2) is 70.1 Å². The summed E-state index contributed by atoms with van der Waals surface area (Å²) in [5.74, 6) is 1.31. The summed E-state index contributed by atoms with van der Waals surface area (Å²) in [6, 6.07) is 16.1. The molecular weight excluding hydrogens is 428 g/mol. The summed E-state index contributed by atoms with van der Waals surface area (Å²) in [7, 11) is 0. The minimum absolute atomic E-state index is 0.286. The number of carbonyl (C=O) groups is 1. The fraction of sp³-hybridized carbons (Fsp3) is 0.190. The van der Waals surface area contributed by atoms with Gasteiger partial charge in [-0.15, -0.1) is 0 Å². The molecule has 2 aliphatic heterocycles. The van der Waals surface area contributed by atoms with Crippen molar-refractivity contribution < 1.29 is 14.3 Å². The second-order valence-corrected chi connectivity index (χ2v) is 9.09. The van der Waals surface area contributed by atoms with E-state index in [0.717, 1.165) is 30.7 Å². The average molecular weight is 446 g/mol. The average Bonchev–Trinajstić information content (AvgIpc) is 2.61. The molecule has 2 aliphatic rings. The molecule has 2 aromatic rings. The molecule has 0 amide bonds. The van der Waals surface area contributed by atoms with Crippen LogP contribution in [0, 0.1) is 6.92 Å². The molecular formula is C21H18O3Te. The van der Waals surface area contributed by atoms with Gasteiger partial charge in [0.05, 0.1) is 0 Å². The van der Waals surface area contributed by atoms with Crippen molar-refractivity contribution in [1.82, 2.24) is 0 Å². The third-order valence-corrected chi connectivity index (χ3v) is 7.62. The fourth-order valence-electron chi connectivity index (χ4n) is 3.33. The topological polar surface area (TPSA) is 35.5 Å². The predicted molar refractivity (Wildman–Crippen MR) is 97.5 cm³/mol. The first-order chi connectivity index (χ1) is 12.1. The molecule has 0 spiro atoms. The number of benzene rings is 2. The second kappa shape index (κ2) is 6.37. The first-order valence-electron chi connectivity index (χ1n) is 8.19. The molecule has 25 heavy (non-hydrogen) atoms. The van der Waals surface area contributed by atoms with Gasteiger partial charge in [-0.2, -0.15) is 0 Å². The summed E-state index contributed by atoms with van der Waals surface area (Å²) in [5, 5.41) is 0. The Morgan fingerprint density at radius 2 is 1.92 bits per heavy atom. The molecule has 0 aromatic heterocycles. The van der Waals surface area contributed by atoms with Gasteiger partial charge in [0, 0.05) is 0 Å². The number of aryl methyl sites for hydroxylation is 1. The Hall–Kier alpha value is -2.02. The quantitative estimate of drug-likeness (QED) is 0.515. The summed E-state index contributed by atoms with van der Waals surface area (Å²) in [6.45, 7) is 3.54. The van der Waals surface area contributed by atoms with Crippen molar-refractivity contribution in [2.24, 2.45) is 0 Å². The molecule has 1 atom stereocenters. The second-order valence-electron chi connectivity index (χ2n) is 6.15. The Morgan fingerprint density at radius 1 is 1.16 bits per heavy atom. The summed E-state index contributed by atoms with van der Waals surface area (Å²) in [4.78, 5) is 12.2. The van der Waals surface area contributed by atoms with Gasteiger partial charge in [-0.25, -0.2) is 0 Å². The Balaban J connectivity index is 2.05. The van der Waals surface area contributed by atoms with Crippen molar-refractivity contribution in [3.05, 3.63) is 86.8 Å². The van der Waals surface area contributed by atoms with Gasteiger partial charge in [-0.1, -0.05) is 0 Å². The van der Waals surface area contributed by atoms with Crippen LogP contribution in [0.2, 0.25) is 4.47 Å². The Morgan fingerprint density at radius 3 is 2.68 bits per heavy atom. The molecule has 0 N–H and O–H groups in total. The molecule has 126 valence electrons. The third-order valence-electron chi connectivity index (χ3n) is 4.38. The van der Waals surface area contributed by atoms with E-state index in [1.165, 1.54) is 12.5 Å². The van der Waals surface area contributed by atoms with Gasteiger partial charge in [-0.05, 0) is 0 Å². The molecule has 4 rings (SSSR count). The molecule has 3 nitrogen and oxygen atoms in total. The summed E-state index contributed by atoms with van der Waals surface area (Å²) in [6.07, 6.45) is 4.18. The Labute approximate surface area is 157 Å². The van der Waals surface area contributed by atoms with Crippen molar-refractivity contribution in [2.45, 2.75) is 23.9 Å². The molecule has 2 heterocycles. The van der Waals surface area contributed by atoms with E-state index in [1.54, 1.807) is 0 Å². The standard InChI is InChI=1S/C21H18O3Te/c1-14-9-11-16(12-10-14)21(24-15(2)22)17-6-3-4-7-18(17)23-19-8-5-13-25-20(19)21/h3-12H,13H2,1-2H3. The van der Waals surface area contributed by atoms with Gasteiger partial charge in [0.1, 0.15) is 0 Å². The van der Waals surface area contributed by atoms with Crippen LogP contribution in [0.25, 0.3) is 0 Å². The molecule has 0 aliphatic carbocycles. The van der Waals surface area contributed by atoms with Crippen LogP contribution in [0.4, 0.5) is 0 Å². The SMILES string of the molecule is CC(=O)OC1(c2ccc(C)cc2)C2=C(C=CC[Te]2)Oc2ccccc21. The summed E-state index contributed by atoms with van der Waals surface area (Å²) in [5.41, 5.74) is 2.19. The molecule has 0 fully saturated rings. The summed E-state index contributed by atoms with van der Waals surface area (Å²) < 4.78 is 14.4. The zero-order valence-corrected chi connectivity index (χ0v) is 16.4. The first kappa shape index (κ1) is 16.4. The van der Waals surface area contributed by atoms with Crippen molar-refractivity contribution in [2.75, 3.05) is 0 Å². The Kier molecular flexibility index (Phi) is 4.19. The van der Waals surface area contributed by atoms with Crippen LogP contribution in [-0.2, 0) is 15.1 Å². The number of hydrogen-bond donors (Lipinski definition) is 0. The van der Waals surface area contributed by atoms with Crippen LogP contribution in [0.3, 0.4) is 0 Å². The van der Waals surface area contributed by atoms with Crippen LogP contribution in [0.5, 0.6) is 5.75 Å². The summed E-state index contributed by atoms with van der Waals surface area (Å²) >= 11 is -0.543. The number of hydrogen-bond acceptors (Lipinski definition) is 3. The molecule has 2 aromatic carbocycles. The number of esters is 1. The monoisotopic (exact) mass is 448 g/mol. The number of fused-ring (bicyclic) bond motifs is 1. The fourth-order valence-corrected chi connectivity index (χ4v) is 6.42. The molecule has 4 heteroatoms. The van der Waals surface area contributed by atoms with E-state index >= 15 is 0 Å². The van der Waals surface area contributed by atoms with Crippen LogP contribution >= 0.6 is 0 Å². The minimum atomic E-state index is -0.878. The zero-order chi connectivity index (χ0) is 17.4. The maximum atomic E-state index is 12.2. The van der Waals surface area contributed by atoms with Crippen molar-refractivity contribution in [3.8, 4) is 5.75 Å². The van der Waals surface area contributed by atoms with E-state index < -0.39 is 26.5 Å². The van der Waals surface area contributed by atoms with E-state index in [4.69, 9.17) is 9.47 Å². The van der Waals surface area contributed by atoms with E-state index in [0.29, 0.717) is 0 Å². The molecule has 0 radical (unpaired) electrons. The molecule has 0 saturated carbocycles. The van der Waals surface area contributed by atoms with Gasteiger partial charge >= 0.3 is 158 Å². The third kappa shape index (κ3) is 2.70. The normalized spacial score (nSPS) is 21.2. The van der Waals surface area contributed by atoms with E-state index in [2.05, 4.69) is 37.3 Å². The molecule has 1 unspecified atom stereocenters. The van der Waals surface area contributed by atoms with Crippen molar-refractivity contribution >= 4 is 26.9 Å². The molecule has 0 bridgehead atoms. The number of para-hydroxylation sites is 1. The molecule has 0 saturated heterocycles. The van der Waals surface area contributed by atoms with Crippen LogP contribution in [0.1, 0.15) is 23.6 Å². The van der Waals surface area contributed by atoms with Gasteiger partial charge in [0.2, 0.25) is 0 Å². The van der Waals surface area contributed by atoms with Crippen molar-refractivity contribution in [3.63, 3.8) is 0 Å². The zero-order valence-electron chi connectivity index (χ0n) is 14.1. The number of carbonyl (C=O) groups excluding carboxylic acids is 1. The first-order valence-corrected chi connectivity index (χ1v) is 11.0. The van der Waals surface area contributed by atoms with E-state index in [-0.39, 0.29) is 5.97 Å². The Bertz CT molecular complexity index is 896. The van der Waals surface area contributed by atoms with Gasteiger partial charge in [0.25, 0.3) is 0 Å². The maximum absolute atomic E-state index is 12.2. The van der Waals surface area contributed by atoms with Crippen LogP contribution in [-0.4, -0.2) is 26.9 Å². The number of ether oxygens (including phenoxy) is 2. The van der Waals surface area contributed by atoms with Gasteiger partial charge in [0.15, 0.2) is 0 Å². The van der Waals surface area contributed by atoms with Crippen molar-refractivity contribution in [1.29, 1.82) is 0 Å². The predicted octanol–water partition coefficient (Wildman–Crippen LogP) is 4.10. The van der Waals surface area contributed by atoms with E-state index in [9.17, 15) is 4.79 Å². The number of rotatable bonds is 2. The number of allylic oxidation sites excluding steroid dienone is 2. The van der Waals surface area contributed by atoms with Crippen LogP contribution < -0.4 is 4.74 Å². The van der Waals surface area contributed by atoms with Gasteiger partial charge < -0.3 is 0 Å². The van der Waals surface area contributed by atoms with Gasteiger partial charge in [-0.3, -0.25) is 0 Å².